The second-order valence-electron chi connectivity index (χ2n) is 6.87. The quantitative estimate of drug-likeness (QED) is 0.636. The molecular weight excluding hydrogens is 375 g/mol. The van der Waals surface area contributed by atoms with E-state index in [0.29, 0.717) is 48.3 Å². The number of aryl methyl sites for hydroxylation is 1. The molecule has 4 rings (SSSR count). The van der Waals surface area contributed by atoms with Crippen LogP contribution in [0.25, 0.3) is 11.3 Å². The fourth-order valence-electron chi connectivity index (χ4n) is 3.18. The average Bonchev–Trinajstić information content (AvgIpc) is 3.21. The summed E-state index contributed by atoms with van der Waals surface area (Å²) >= 11 is 0. The molecule has 0 aliphatic carbocycles. The number of hydrogen-bond acceptors (Lipinski definition) is 5. The van der Waals surface area contributed by atoms with Crippen LogP contribution in [0, 0.1) is 5.82 Å². The molecule has 0 N–H and O–H groups in total. The molecule has 1 aromatic heterocycles. The van der Waals surface area contributed by atoms with Gasteiger partial charge in [0.1, 0.15) is 12.4 Å². The number of halogens is 1. The first-order chi connectivity index (χ1) is 14.1. The summed E-state index contributed by atoms with van der Waals surface area (Å²) in [6.07, 6.45) is 1.82. The molecule has 7 heteroatoms. The van der Waals surface area contributed by atoms with Crippen LogP contribution in [0.3, 0.4) is 0 Å². The molecule has 0 unspecified atom stereocenters. The van der Waals surface area contributed by atoms with Crippen LogP contribution in [-0.2, 0) is 11.2 Å². The first-order valence-electron chi connectivity index (χ1n) is 9.42. The molecule has 0 saturated carbocycles. The SMILES string of the molecule is CN(C[C@H]1COc2ccccc2O1)C(=O)CCc1ncc(-c2ccccc2F)o1. The third kappa shape index (κ3) is 4.39. The maximum Gasteiger partial charge on any atom is 0.222 e. The first-order valence-corrected chi connectivity index (χ1v) is 9.42. The van der Waals surface area contributed by atoms with E-state index in [1.54, 1.807) is 30.1 Å². The number of ether oxygens (including phenoxy) is 2. The maximum atomic E-state index is 13.8. The Kier molecular flexibility index (Phi) is 5.46. The molecule has 1 aliphatic heterocycles. The molecule has 1 aliphatic rings. The number of nitrogens with zero attached hydrogens (tertiary/aromatic N) is 2. The average molecular weight is 396 g/mol. The number of aromatic nitrogens is 1. The van der Waals surface area contributed by atoms with Crippen LogP contribution < -0.4 is 9.47 Å². The predicted octanol–water partition coefficient (Wildman–Crippen LogP) is 3.71. The van der Waals surface area contributed by atoms with Gasteiger partial charge in [-0.1, -0.05) is 24.3 Å². The maximum absolute atomic E-state index is 13.8. The highest BCUT2D eigenvalue weighted by Crippen LogP contribution is 2.31. The number of para-hydroxylation sites is 2. The lowest BCUT2D eigenvalue weighted by atomic mass is 10.2. The fourth-order valence-corrected chi connectivity index (χ4v) is 3.18. The number of carbonyl (C=O) groups is 1. The van der Waals surface area contributed by atoms with E-state index in [9.17, 15) is 9.18 Å². The van der Waals surface area contributed by atoms with Gasteiger partial charge in [0, 0.05) is 19.9 Å². The summed E-state index contributed by atoms with van der Waals surface area (Å²) in [7, 11) is 1.73. The molecule has 2 heterocycles. The number of benzene rings is 2. The molecular formula is C22H21FN2O4. The number of likely N-dealkylation sites (N-methyl/N-ethyl adjacent to an activating group) is 1. The normalized spacial score (nSPS) is 15.2. The number of fused-ring (bicyclic) bond motifs is 1. The van der Waals surface area contributed by atoms with E-state index < -0.39 is 0 Å². The Morgan fingerprint density at radius 1 is 1.17 bits per heavy atom. The van der Waals surface area contributed by atoms with E-state index in [1.807, 2.05) is 24.3 Å². The van der Waals surface area contributed by atoms with Crippen LogP contribution in [0.15, 0.2) is 59.1 Å². The van der Waals surface area contributed by atoms with Gasteiger partial charge < -0.3 is 18.8 Å². The molecule has 3 aromatic rings. The summed E-state index contributed by atoms with van der Waals surface area (Å²) in [6, 6.07) is 13.8. The minimum absolute atomic E-state index is 0.0573. The van der Waals surface area contributed by atoms with E-state index in [-0.39, 0.29) is 24.2 Å². The van der Waals surface area contributed by atoms with Crippen molar-refractivity contribution in [1.29, 1.82) is 0 Å². The zero-order chi connectivity index (χ0) is 20.2. The number of rotatable bonds is 6. The van der Waals surface area contributed by atoms with E-state index >= 15 is 0 Å². The lowest BCUT2D eigenvalue weighted by Crippen LogP contribution is -2.41. The summed E-state index contributed by atoms with van der Waals surface area (Å²) in [5.41, 5.74) is 0.351. The zero-order valence-electron chi connectivity index (χ0n) is 16.0. The Labute approximate surface area is 167 Å². The zero-order valence-corrected chi connectivity index (χ0v) is 16.0. The van der Waals surface area contributed by atoms with Gasteiger partial charge in [-0.25, -0.2) is 9.37 Å². The topological polar surface area (TPSA) is 64.8 Å². The molecule has 29 heavy (non-hydrogen) atoms. The minimum atomic E-state index is -0.373. The summed E-state index contributed by atoms with van der Waals surface area (Å²) in [4.78, 5) is 18.2. The van der Waals surface area contributed by atoms with Gasteiger partial charge in [0.2, 0.25) is 5.91 Å². The number of amides is 1. The van der Waals surface area contributed by atoms with Gasteiger partial charge in [-0.3, -0.25) is 4.79 Å². The van der Waals surface area contributed by atoms with Gasteiger partial charge in [0.05, 0.1) is 18.3 Å². The molecule has 0 fully saturated rings. The molecule has 1 atom stereocenters. The van der Waals surface area contributed by atoms with Crippen molar-refractivity contribution in [3.63, 3.8) is 0 Å². The highest BCUT2D eigenvalue weighted by Gasteiger charge is 2.24. The molecule has 0 spiro atoms. The number of oxazole rings is 1. The fraction of sp³-hybridized carbons (Fsp3) is 0.273. The van der Waals surface area contributed by atoms with Crippen LogP contribution in [0.5, 0.6) is 11.5 Å². The van der Waals surface area contributed by atoms with Crippen LogP contribution in [0.4, 0.5) is 4.39 Å². The van der Waals surface area contributed by atoms with Crippen LogP contribution >= 0.6 is 0 Å². The molecule has 0 bridgehead atoms. The molecule has 150 valence electrons. The molecule has 6 nitrogen and oxygen atoms in total. The minimum Gasteiger partial charge on any atom is -0.486 e. The van der Waals surface area contributed by atoms with E-state index in [0.717, 1.165) is 0 Å². The largest absolute Gasteiger partial charge is 0.486 e. The third-order valence-corrected chi connectivity index (χ3v) is 4.72. The van der Waals surface area contributed by atoms with Crippen molar-refractivity contribution in [2.24, 2.45) is 0 Å². The first kappa shape index (κ1) is 19.0. The summed E-state index contributed by atoms with van der Waals surface area (Å²) in [5, 5.41) is 0. The summed E-state index contributed by atoms with van der Waals surface area (Å²) in [5.74, 6) is 1.72. The number of carbonyl (C=O) groups excluding carboxylic acids is 1. The van der Waals surface area contributed by atoms with Gasteiger partial charge in [-0.05, 0) is 24.3 Å². The van der Waals surface area contributed by atoms with Crippen molar-refractivity contribution in [1.82, 2.24) is 9.88 Å². The van der Waals surface area contributed by atoms with E-state index in [4.69, 9.17) is 13.9 Å². The molecule has 1 amide bonds. The highest BCUT2D eigenvalue weighted by molar-refractivity contribution is 5.76. The van der Waals surface area contributed by atoms with Crippen molar-refractivity contribution in [3.05, 3.63) is 66.4 Å². The van der Waals surface area contributed by atoms with Crippen molar-refractivity contribution < 1.29 is 23.1 Å². The smallest absolute Gasteiger partial charge is 0.222 e. The van der Waals surface area contributed by atoms with Crippen LogP contribution in [0.2, 0.25) is 0 Å². The van der Waals surface area contributed by atoms with Gasteiger partial charge >= 0.3 is 0 Å². The van der Waals surface area contributed by atoms with Crippen LogP contribution in [0.1, 0.15) is 12.3 Å². The van der Waals surface area contributed by atoms with Crippen molar-refractivity contribution >= 4 is 5.91 Å². The van der Waals surface area contributed by atoms with Crippen molar-refractivity contribution in [2.75, 3.05) is 20.2 Å². The summed E-state index contributed by atoms with van der Waals surface area (Å²) in [6.45, 7) is 0.805. The Morgan fingerprint density at radius 3 is 2.76 bits per heavy atom. The second-order valence-corrected chi connectivity index (χ2v) is 6.87. The second kappa shape index (κ2) is 8.34. The van der Waals surface area contributed by atoms with Gasteiger partial charge in [-0.15, -0.1) is 0 Å². The highest BCUT2D eigenvalue weighted by atomic mass is 19.1. The number of hydrogen-bond donors (Lipinski definition) is 0. The summed E-state index contributed by atoms with van der Waals surface area (Å²) < 4.78 is 31.0. The lowest BCUT2D eigenvalue weighted by molar-refractivity contribution is -0.131. The van der Waals surface area contributed by atoms with Crippen molar-refractivity contribution in [2.45, 2.75) is 18.9 Å². The van der Waals surface area contributed by atoms with Crippen molar-refractivity contribution in [3.8, 4) is 22.8 Å². The van der Waals surface area contributed by atoms with Gasteiger partial charge in [0.15, 0.2) is 29.3 Å². The third-order valence-electron chi connectivity index (χ3n) is 4.72. The Balaban J connectivity index is 1.29. The van der Waals surface area contributed by atoms with Crippen LogP contribution in [-0.4, -0.2) is 42.1 Å². The Hall–Kier alpha value is -3.35. The standard InChI is InChI=1S/C22H21FN2O4/c1-25(13-15-14-27-18-8-4-5-9-19(18)28-15)22(26)11-10-21-24-12-20(29-21)16-6-2-3-7-17(16)23/h2-9,12,15H,10-11,13-14H2,1H3/t15-/m0/s1. The Morgan fingerprint density at radius 2 is 1.93 bits per heavy atom. The van der Waals surface area contributed by atoms with Gasteiger partial charge in [0.25, 0.3) is 0 Å². The molecule has 0 radical (unpaired) electrons. The lowest BCUT2D eigenvalue weighted by Gasteiger charge is -2.29. The Bertz CT molecular complexity index is 1000. The van der Waals surface area contributed by atoms with Gasteiger partial charge in [-0.2, -0.15) is 0 Å². The predicted molar refractivity (Wildman–Crippen MR) is 104 cm³/mol. The molecule has 0 saturated heterocycles. The van der Waals surface area contributed by atoms with E-state index in [2.05, 4.69) is 4.98 Å². The monoisotopic (exact) mass is 396 g/mol. The van der Waals surface area contributed by atoms with E-state index in [1.165, 1.54) is 12.3 Å². The molecule has 2 aromatic carbocycles.